The van der Waals surface area contributed by atoms with Crippen molar-refractivity contribution in [2.45, 2.75) is 50.6 Å². The van der Waals surface area contributed by atoms with Crippen molar-refractivity contribution in [1.29, 1.82) is 0 Å². The second kappa shape index (κ2) is 13.0. The summed E-state index contributed by atoms with van der Waals surface area (Å²) in [7, 11) is -4.35. The Bertz CT molecular complexity index is 1560. The molecule has 0 bridgehead atoms. The molecule has 42 heavy (non-hydrogen) atoms. The van der Waals surface area contributed by atoms with Gasteiger partial charge in [0, 0.05) is 18.2 Å². The van der Waals surface area contributed by atoms with E-state index < -0.39 is 60.4 Å². The van der Waals surface area contributed by atoms with Gasteiger partial charge in [-0.05, 0) is 56.8 Å². The Balaban J connectivity index is 1.52. The number of aliphatic hydroxyl groups is 1. The molecule has 1 aromatic heterocycles. The lowest BCUT2D eigenvalue weighted by molar-refractivity contribution is -0.146. The molecule has 3 aromatic rings. The minimum atomic E-state index is -4.35. The van der Waals surface area contributed by atoms with Crippen LogP contribution in [0, 0.1) is 11.7 Å². The molecule has 1 heterocycles. The van der Waals surface area contributed by atoms with E-state index in [1.54, 1.807) is 31.2 Å². The molecule has 3 N–H and O–H groups in total. The number of hydrogen-bond acceptors (Lipinski definition) is 9. The van der Waals surface area contributed by atoms with Crippen LogP contribution in [0.25, 0.3) is 0 Å². The minimum absolute atomic E-state index is 0.000628. The number of aliphatic imine (C=N–C) groups is 1. The lowest BCUT2D eigenvalue weighted by Crippen LogP contribution is -2.44. The van der Waals surface area contributed by atoms with Crippen LogP contribution in [-0.4, -0.2) is 51.6 Å². The monoisotopic (exact) mass is 602 g/mol. The highest BCUT2D eigenvalue weighted by Gasteiger charge is 2.53. The summed E-state index contributed by atoms with van der Waals surface area (Å²) >= 11 is 0. The Hall–Kier alpha value is -3.90. The van der Waals surface area contributed by atoms with Crippen molar-refractivity contribution in [1.82, 2.24) is 14.6 Å². The van der Waals surface area contributed by atoms with E-state index in [4.69, 9.17) is 13.8 Å². The van der Waals surface area contributed by atoms with E-state index in [-0.39, 0.29) is 25.4 Å². The van der Waals surface area contributed by atoms with E-state index in [2.05, 4.69) is 21.8 Å². The Morgan fingerprint density at radius 1 is 1.24 bits per heavy atom. The number of nitrogens with zero attached hydrogens (tertiary/aromatic N) is 2. The van der Waals surface area contributed by atoms with Crippen molar-refractivity contribution in [3.8, 4) is 5.75 Å². The van der Waals surface area contributed by atoms with Gasteiger partial charge in [-0.3, -0.25) is 28.7 Å². The minimum Gasteiger partial charge on any atom is -0.460 e. The summed E-state index contributed by atoms with van der Waals surface area (Å²) in [5, 5.41) is 13.7. The fourth-order valence-electron chi connectivity index (χ4n) is 4.82. The van der Waals surface area contributed by atoms with Gasteiger partial charge in [-0.25, -0.2) is 13.8 Å². The predicted molar refractivity (Wildman–Crippen MR) is 152 cm³/mol. The fraction of sp³-hybridized carbons (Fsp3) is 0.357. The fourth-order valence-corrected chi connectivity index (χ4v) is 6.36. The van der Waals surface area contributed by atoms with Gasteiger partial charge in [-0.2, -0.15) is 5.09 Å². The summed E-state index contributed by atoms with van der Waals surface area (Å²) in [4.78, 5) is 43.0. The molecular weight excluding hydrogens is 570 g/mol. The molecule has 1 aliphatic carbocycles. The van der Waals surface area contributed by atoms with Gasteiger partial charge in [0.25, 0.3) is 5.56 Å². The molecule has 0 saturated heterocycles. The Kier molecular flexibility index (Phi) is 9.57. The van der Waals surface area contributed by atoms with E-state index in [1.165, 1.54) is 35.9 Å². The molecule has 14 heteroatoms. The van der Waals surface area contributed by atoms with E-state index in [9.17, 15) is 28.4 Å². The molecule has 1 unspecified atom stereocenters. The van der Waals surface area contributed by atoms with E-state index in [0.29, 0.717) is 0 Å². The first kappa shape index (κ1) is 31.0. The summed E-state index contributed by atoms with van der Waals surface area (Å²) in [6.45, 7) is 6.24. The van der Waals surface area contributed by atoms with Gasteiger partial charge >= 0.3 is 19.4 Å². The first-order chi connectivity index (χ1) is 19.9. The zero-order valence-corrected chi connectivity index (χ0v) is 23.9. The van der Waals surface area contributed by atoms with Crippen LogP contribution in [0.4, 0.5) is 4.39 Å². The molecule has 0 spiro atoms. The zero-order valence-electron chi connectivity index (χ0n) is 23.0. The number of aliphatic hydroxyl groups excluding tert-OH is 1. The Morgan fingerprint density at radius 2 is 1.93 bits per heavy atom. The third kappa shape index (κ3) is 7.11. The summed E-state index contributed by atoms with van der Waals surface area (Å²) < 4.78 is 45.3. The van der Waals surface area contributed by atoms with Crippen LogP contribution < -0.4 is 20.9 Å². The molecular formula is C28H32FN4O8P. The summed E-state index contributed by atoms with van der Waals surface area (Å²) in [5.41, 5.74) is -1.78. The number of hydrogen-bond donors (Lipinski definition) is 3. The first-order valence-corrected chi connectivity index (χ1v) is 14.6. The molecule has 1 fully saturated rings. The van der Waals surface area contributed by atoms with Gasteiger partial charge < -0.3 is 14.4 Å². The van der Waals surface area contributed by atoms with Crippen LogP contribution in [0.15, 0.2) is 81.4 Å². The molecule has 224 valence electrons. The first-order valence-electron chi connectivity index (χ1n) is 13.1. The average molecular weight is 603 g/mol. The summed E-state index contributed by atoms with van der Waals surface area (Å²) in [6, 6.07) is 13.0. The SMILES string of the molecule is C=N[C@]1(C)[C@H](O)[C@@H](COP(=O)(N[C@@H](C)C(=O)OCc2ccccc2)Oc2ccc(F)cc2)C[C@H]1n1ccc(=O)[nH]c1=O. The van der Waals surface area contributed by atoms with Crippen molar-refractivity contribution in [2.24, 2.45) is 10.9 Å². The number of halogens is 1. The maximum absolute atomic E-state index is 13.9. The van der Waals surface area contributed by atoms with Crippen LogP contribution >= 0.6 is 7.75 Å². The normalized spacial score (nSPS) is 24.0. The molecule has 12 nitrogen and oxygen atoms in total. The number of carbonyl (C=O) groups is 1. The highest BCUT2D eigenvalue weighted by atomic mass is 31.2. The number of H-pyrrole nitrogens is 1. The number of aromatic nitrogens is 2. The molecule has 0 aliphatic heterocycles. The Morgan fingerprint density at radius 3 is 2.57 bits per heavy atom. The highest BCUT2D eigenvalue weighted by Crippen LogP contribution is 2.49. The lowest BCUT2D eigenvalue weighted by atomic mass is 9.93. The molecule has 1 aliphatic rings. The topological polar surface area (TPSA) is 161 Å². The van der Waals surface area contributed by atoms with Crippen molar-refractivity contribution in [3.63, 3.8) is 0 Å². The quantitative estimate of drug-likeness (QED) is 0.161. The van der Waals surface area contributed by atoms with E-state index in [1.807, 2.05) is 6.07 Å². The summed E-state index contributed by atoms with van der Waals surface area (Å²) in [6.07, 6.45) is 0.234. The zero-order chi connectivity index (χ0) is 30.5. The average Bonchev–Trinajstić information content (AvgIpc) is 3.22. The van der Waals surface area contributed by atoms with Crippen LogP contribution in [0.3, 0.4) is 0 Å². The van der Waals surface area contributed by atoms with Crippen LogP contribution in [0.2, 0.25) is 0 Å². The standard InChI is InChI=1S/C28H32FN4O8P/c1-18(26(36)39-16-19-7-5-4-6-8-19)32-42(38,41-22-11-9-21(29)10-12-22)40-17-20-15-23(28(2,30-3)25(20)35)33-14-13-24(34)31-27(33)37/h4-14,18,20,23,25,35H,3,15-17H2,1-2H3,(H,32,38)(H,31,34,37)/t18-,20+,23+,25+,28-,42?/m0/s1. The number of esters is 1. The number of nitrogens with one attached hydrogen (secondary N) is 2. The molecule has 0 amide bonds. The van der Waals surface area contributed by atoms with Gasteiger partial charge in [-0.15, -0.1) is 0 Å². The van der Waals surface area contributed by atoms with Gasteiger partial charge in [0.05, 0.1) is 18.8 Å². The van der Waals surface area contributed by atoms with Gasteiger partial charge in [0.15, 0.2) is 0 Å². The Labute approximate surface area is 240 Å². The number of aromatic amines is 1. The number of ether oxygens (including phenoxy) is 1. The molecule has 2 aromatic carbocycles. The van der Waals surface area contributed by atoms with Crippen LogP contribution in [0.5, 0.6) is 5.75 Å². The number of carbonyl (C=O) groups excluding carboxylic acids is 1. The predicted octanol–water partition coefficient (Wildman–Crippen LogP) is 2.98. The smallest absolute Gasteiger partial charge is 0.459 e. The maximum Gasteiger partial charge on any atom is 0.459 e. The van der Waals surface area contributed by atoms with E-state index in [0.717, 1.165) is 17.7 Å². The third-order valence-electron chi connectivity index (χ3n) is 7.20. The second-order valence-corrected chi connectivity index (χ2v) is 11.8. The van der Waals surface area contributed by atoms with Crippen LogP contribution in [-0.2, 0) is 25.2 Å². The maximum atomic E-state index is 13.9. The molecule has 6 atom stereocenters. The second-order valence-electron chi connectivity index (χ2n) is 10.1. The van der Waals surface area contributed by atoms with Gasteiger partial charge in [-0.1, -0.05) is 30.3 Å². The van der Waals surface area contributed by atoms with Crippen molar-refractivity contribution in [3.05, 3.63) is 99.1 Å². The van der Waals surface area contributed by atoms with Crippen LogP contribution in [0.1, 0.15) is 31.9 Å². The highest BCUT2D eigenvalue weighted by molar-refractivity contribution is 7.52. The summed E-state index contributed by atoms with van der Waals surface area (Å²) in [5.74, 6) is -2.00. The molecule has 1 saturated carbocycles. The van der Waals surface area contributed by atoms with E-state index >= 15 is 0 Å². The van der Waals surface area contributed by atoms with Crippen molar-refractivity contribution >= 4 is 20.4 Å². The van der Waals surface area contributed by atoms with Crippen molar-refractivity contribution in [2.75, 3.05) is 6.61 Å². The largest absolute Gasteiger partial charge is 0.460 e. The molecule has 0 radical (unpaired) electrons. The third-order valence-corrected chi connectivity index (χ3v) is 8.84. The van der Waals surface area contributed by atoms with Gasteiger partial charge in [0.1, 0.15) is 29.8 Å². The molecule has 4 rings (SSSR count). The van der Waals surface area contributed by atoms with Gasteiger partial charge in [0.2, 0.25) is 0 Å². The number of benzene rings is 2. The lowest BCUT2D eigenvalue weighted by Gasteiger charge is -2.31. The van der Waals surface area contributed by atoms with Crippen molar-refractivity contribution < 1.29 is 32.6 Å². The number of rotatable bonds is 12.